The SMILES string of the molecule is Cc1nc(NC(=S)NC(=O)c2ccco2)sc1C(/C=C/c1ccc(Cl)cc1)=N\N. The largest absolute Gasteiger partial charge is 0.459 e. The molecular weight excluding hydrogens is 430 g/mol. The number of halogens is 1. The van der Waals surface area contributed by atoms with Gasteiger partial charge in [0.2, 0.25) is 0 Å². The molecule has 0 saturated heterocycles. The minimum absolute atomic E-state index is 0.106. The van der Waals surface area contributed by atoms with Gasteiger partial charge in [0.15, 0.2) is 16.0 Å². The first-order valence-corrected chi connectivity index (χ1v) is 9.91. The molecule has 29 heavy (non-hydrogen) atoms. The third kappa shape index (κ3) is 5.50. The summed E-state index contributed by atoms with van der Waals surface area (Å²) in [5.41, 5.74) is 2.24. The quantitative estimate of drug-likeness (QED) is 0.235. The number of furan rings is 1. The van der Waals surface area contributed by atoms with Gasteiger partial charge in [-0.15, -0.1) is 0 Å². The number of anilines is 1. The first kappa shape index (κ1) is 20.7. The number of carbonyl (C=O) groups is 1. The Hall–Kier alpha value is -3.01. The molecule has 3 rings (SSSR count). The lowest BCUT2D eigenvalue weighted by Gasteiger charge is -2.05. The zero-order valence-corrected chi connectivity index (χ0v) is 17.6. The molecule has 1 amide bonds. The lowest BCUT2D eigenvalue weighted by molar-refractivity contribution is 0.0950. The number of aromatic nitrogens is 1. The highest BCUT2D eigenvalue weighted by atomic mass is 35.5. The standard InChI is InChI=1S/C19H16ClN5O2S2/c1-11-16(14(25-21)9-6-12-4-7-13(20)8-5-12)29-19(22-11)24-18(28)23-17(26)15-3-2-10-27-15/h2-10H,21H2,1H3,(H2,22,23,24,26,28)/b9-6+,25-14-. The number of nitrogens with two attached hydrogens (primary N) is 1. The van der Waals surface area contributed by atoms with Gasteiger partial charge in [0, 0.05) is 5.02 Å². The summed E-state index contributed by atoms with van der Waals surface area (Å²) in [5, 5.41) is 10.5. The van der Waals surface area contributed by atoms with Crippen molar-refractivity contribution in [2.45, 2.75) is 6.92 Å². The van der Waals surface area contributed by atoms with Crippen molar-refractivity contribution in [2.75, 3.05) is 5.32 Å². The van der Waals surface area contributed by atoms with Crippen molar-refractivity contribution in [2.24, 2.45) is 10.9 Å². The lowest BCUT2D eigenvalue weighted by atomic mass is 10.1. The second-order valence-electron chi connectivity index (χ2n) is 5.72. The van der Waals surface area contributed by atoms with Crippen molar-refractivity contribution in [1.82, 2.24) is 10.3 Å². The summed E-state index contributed by atoms with van der Waals surface area (Å²) in [6, 6.07) is 10.5. The maximum absolute atomic E-state index is 12.0. The van der Waals surface area contributed by atoms with Crippen molar-refractivity contribution in [3.63, 3.8) is 0 Å². The van der Waals surface area contributed by atoms with Crippen LogP contribution in [0.25, 0.3) is 6.08 Å². The highest BCUT2D eigenvalue weighted by molar-refractivity contribution is 7.80. The average molecular weight is 446 g/mol. The van der Waals surface area contributed by atoms with E-state index in [0.29, 0.717) is 15.9 Å². The lowest BCUT2D eigenvalue weighted by Crippen LogP contribution is -2.33. The number of amides is 1. The number of allylic oxidation sites excluding steroid dienone is 1. The topological polar surface area (TPSA) is 106 Å². The van der Waals surface area contributed by atoms with Crippen molar-refractivity contribution >= 4 is 63.1 Å². The van der Waals surface area contributed by atoms with Gasteiger partial charge in [-0.2, -0.15) is 5.10 Å². The molecule has 0 fully saturated rings. The fourth-order valence-electron chi connectivity index (χ4n) is 2.31. The molecule has 1 aromatic carbocycles. The van der Waals surface area contributed by atoms with E-state index in [4.69, 9.17) is 34.1 Å². The fraction of sp³-hybridized carbons (Fsp3) is 0.0526. The molecule has 0 unspecified atom stereocenters. The molecule has 0 saturated carbocycles. The maximum atomic E-state index is 12.0. The average Bonchev–Trinajstić information content (AvgIpc) is 3.34. The molecule has 0 aliphatic carbocycles. The van der Waals surface area contributed by atoms with Crippen LogP contribution in [0.2, 0.25) is 5.02 Å². The monoisotopic (exact) mass is 445 g/mol. The number of nitrogens with zero attached hydrogens (tertiary/aromatic N) is 2. The van der Waals surface area contributed by atoms with Gasteiger partial charge in [-0.25, -0.2) is 4.98 Å². The molecular formula is C19H16ClN5O2S2. The van der Waals surface area contributed by atoms with Gasteiger partial charge in [-0.05, 0) is 55.0 Å². The van der Waals surface area contributed by atoms with Crippen LogP contribution in [0.15, 0.2) is 58.3 Å². The molecule has 0 aliphatic heterocycles. The van der Waals surface area contributed by atoms with E-state index in [2.05, 4.69) is 20.7 Å². The summed E-state index contributed by atoms with van der Waals surface area (Å²) < 4.78 is 5.03. The highest BCUT2D eigenvalue weighted by Crippen LogP contribution is 2.24. The number of hydrogen-bond donors (Lipinski definition) is 3. The Balaban J connectivity index is 1.68. The van der Waals surface area contributed by atoms with Crippen LogP contribution < -0.4 is 16.5 Å². The van der Waals surface area contributed by atoms with E-state index in [1.807, 2.05) is 25.1 Å². The number of thiocarbonyl (C=S) groups is 1. The van der Waals surface area contributed by atoms with Crippen LogP contribution in [-0.4, -0.2) is 21.7 Å². The van der Waals surface area contributed by atoms with Crippen LogP contribution in [0.3, 0.4) is 0 Å². The van der Waals surface area contributed by atoms with Crippen LogP contribution in [0.1, 0.15) is 26.7 Å². The number of aryl methyl sites for hydroxylation is 1. The van der Waals surface area contributed by atoms with Crippen LogP contribution in [0.4, 0.5) is 5.13 Å². The number of nitrogens with one attached hydrogen (secondary N) is 2. The van der Waals surface area contributed by atoms with Crippen LogP contribution >= 0.6 is 35.2 Å². The first-order chi connectivity index (χ1) is 14.0. The molecule has 0 bridgehead atoms. The van der Waals surface area contributed by atoms with Gasteiger partial charge in [-0.1, -0.05) is 41.1 Å². The highest BCUT2D eigenvalue weighted by Gasteiger charge is 2.15. The molecule has 10 heteroatoms. The molecule has 2 heterocycles. The Kier molecular flexibility index (Phi) is 6.76. The van der Waals surface area contributed by atoms with Crippen LogP contribution in [-0.2, 0) is 0 Å². The molecule has 148 valence electrons. The van der Waals surface area contributed by atoms with Gasteiger partial charge in [0.1, 0.15) is 5.71 Å². The Morgan fingerprint density at radius 2 is 2.10 bits per heavy atom. The molecule has 0 spiro atoms. The Morgan fingerprint density at radius 1 is 1.34 bits per heavy atom. The first-order valence-electron chi connectivity index (χ1n) is 8.31. The molecule has 4 N–H and O–H groups in total. The van der Waals surface area contributed by atoms with E-state index < -0.39 is 5.91 Å². The summed E-state index contributed by atoms with van der Waals surface area (Å²) in [6.07, 6.45) is 5.08. The minimum Gasteiger partial charge on any atom is -0.459 e. The van der Waals surface area contributed by atoms with Crippen molar-refractivity contribution in [1.29, 1.82) is 0 Å². The van der Waals surface area contributed by atoms with Crippen molar-refractivity contribution in [3.8, 4) is 0 Å². The Labute approximate surface area is 181 Å². The van der Waals surface area contributed by atoms with E-state index in [1.54, 1.807) is 30.3 Å². The number of benzene rings is 1. The smallest absolute Gasteiger partial charge is 0.293 e. The number of thiazole rings is 1. The van der Waals surface area contributed by atoms with E-state index in [1.165, 1.54) is 17.6 Å². The zero-order valence-electron chi connectivity index (χ0n) is 15.2. The van der Waals surface area contributed by atoms with Crippen LogP contribution in [0.5, 0.6) is 0 Å². The second kappa shape index (κ2) is 9.46. The van der Waals surface area contributed by atoms with Gasteiger partial charge in [0.25, 0.3) is 5.91 Å². The summed E-state index contributed by atoms with van der Waals surface area (Å²) in [7, 11) is 0. The number of carbonyl (C=O) groups excluding carboxylic acids is 1. The predicted octanol–water partition coefficient (Wildman–Crippen LogP) is 4.20. The molecule has 0 aliphatic rings. The third-order valence-corrected chi connectivity index (χ3v) is 5.22. The summed E-state index contributed by atoms with van der Waals surface area (Å²) >= 11 is 12.4. The normalized spacial score (nSPS) is 11.6. The Bertz CT molecular complexity index is 1070. The van der Waals surface area contributed by atoms with E-state index in [9.17, 15) is 4.79 Å². The maximum Gasteiger partial charge on any atom is 0.293 e. The van der Waals surface area contributed by atoms with Gasteiger partial charge < -0.3 is 15.6 Å². The molecule has 0 radical (unpaired) electrons. The molecule has 3 aromatic rings. The third-order valence-electron chi connectivity index (χ3n) is 3.66. The summed E-state index contributed by atoms with van der Waals surface area (Å²) in [6.45, 7) is 1.84. The Morgan fingerprint density at radius 3 is 2.76 bits per heavy atom. The van der Waals surface area contributed by atoms with Gasteiger partial charge >= 0.3 is 0 Å². The summed E-state index contributed by atoms with van der Waals surface area (Å²) in [4.78, 5) is 17.2. The van der Waals surface area contributed by atoms with E-state index in [-0.39, 0.29) is 10.9 Å². The predicted molar refractivity (Wildman–Crippen MR) is 120 cm³/mol. The van der Waals surface area contributed by atoms with Gasteiger partial charge in [-0.3, -0.25) is 10.1 Å². The zero-order chi connectivity index (χ0) is 20.8. The molecule has 7 nitrogen and oxygen atoms in total. The molecule has 2 aromatic heterocycles. The molecule has 0 atom stereocenters. The van der Waals surface area contributed by atoms with Crippen molar-refractivity contribution in [3.05, 3.63) is 75.7 Å². The van der Waals surface area contributed by atoms with E-state index >= 15 is 0 Å². The second-order valence-corrected chi connectivity index (χ2v) is 7.56. The summed E-state index contributed by atoms with van der Waals surface area (Å²) in [5.74, 6) is 5.29. The van der Waals surface area contributed by atoms with Crippen LogP contribution in [0, 0.1) is 6.92 Å². The van der Waals surface area contributed by atoms with E-state index in [0.717, 1.165) is 16.1 Å². The number of rotatable bonds is 5. The van der Waals surface area contributed by atoms with Crippen molar-refractivity contribution < 1.29 is 9.21 Å². The fourth-order valence-corrected chi connectivity index (χ4v) is 3.64. The minimum atomic E-state index is -0.448. The number of hydrogen-bond acceptors (Lipinski definition) is 7. The van der Waals surface area contributed by atoms with Gasteiger partial charge in [0.05, 0.1) is 16.8 Å². The number of hydrazone groups is 1.